The number of benzene rings is 2. The third kappa shape index (κ3) is 2.82. The molecule has 0 amide bonds. The SMILES string of the molecule is Cc1ccc(C)c(CC2CN(C)c3ccc(O)cc3O2)c1. The zero-order valence-corrected chi connectivity index (χ0v) is 12.8. The van der Waals surface area contributed by atoms with Crippen molar-refractivity contribution in [2.24, 2.45) is 0 Å². The molecule has 3 heteroatoms. The van der Waals surface area contributed by atoms with Crippen molar-refractivity contribution < 1.29 is 9.84 Å². The van der Waals surface area contributed by atoms with Gasteiger partial charge in [-0.25, -0.2) is 0 Å². The third-order valence-corrected chi connectivity index (χ3v) is 4.08. The summed E-state index contributed by atoms with van der Waals surface area (Å²) in [6.45, 7) is 5.11. The second-order valence-corrected chi connectivity index (χ2v) is 5.91. The highest BCUT2D eigenvalue weighted by Crippen LogP contribution is 2.36. The Kier molecular flexibility index (Phi) is 3.50. The molecule has 21 heavy (non-hydrogen) atoms. The van der Waals surface area contributed by atoms with E-state index in [0.29, 0.717) is 0 Å². The number of phenolic OH excluding ortho intramolecular Hbond substituents is 1. The summed E-state index contributed by atoms with van der Waals surface area (Å²) in [6, 6.07) is 11.8. The first-order chi connectivity index (χ1) is 10.0. The molecule has 0 aromatic heterocycles. The molecule has 0 spiro atoms. The minimum absolute atomic E-state index is 0.102. The summed E-state index contributed by atoms with van der Waals surface area (Å²) >= 11 is 0. The highest BCUT2D eigenvalue weighted by molar-refractivity contribution is 5.62. The molecule has 0 radical (unpaired) electrons. The lowest BCUT2D eigenvalue weighted by Gasteiger charge is -2.34. The Balaban J connectivity index is 1.84. The van der Waals surface area contributed by atoms with Crippen LogP contribution in [-0.2, 0) is 6.42 Å². The number of rotatable bonds is 2. The first-order valence-corrected chi connectivity index (χ1v) is 7.30. The van der Waals surface area contributed by atoms with Gasteiger partial charge in [0.25, 0.3) is 0 Å². The van der Waals surface area contributed by atoms with Crippen LogP contribution in [0.3, 0.4) is 0 Å². The Hall–Kier alpha value is -2.16. The minimum atomic E-state index is 0.102. The van der Waals surface area contributed by atoms with Crippen LogP contribution in [0.2, 0.25) is 0 Å². The van der Waals surface area contributed by atoms with Crippen molar-refractivity contribution in [1.82, 2.24) is 0 Å². The van der Waals surface area contributed by atoms with E-state index < -0.39 is 0 Å². The van der Waals surface area contributed by atoms with Crippen LogP contribution in [0.5, 0.6) is 11.5 Å². The van der Waals surface area contributed by atoms with Crippen LogP contribution >= 0.6 is 0 Å². The van der Waals surface area contributed by atoms with E-state index in [1.165, 1.54) is 16.7 Å². The average molecular weight is 283 g/mol. The fourth-order valence-corrected chi connectivity index (χ4v) is 2.90. The maximum atomic E-state index is 9.63. The maximum absolute atomic E-state index is 9.63. The van der Waals surface area contributed by atoms with Crippen molar-refractivity contribution in [3.05, 3.63) is 53.1 Å². The van der Waals surface area contributed by atoms with Crippen molar-refractivity contribution in [3.8, 4) is 11.5 Å². The zero-order valence-electron chi connectivity index (χ0n) is 12.8. The van der Waals surface area contributed by atoms with Gasteiger partial charge in [-0.2, -0.15) is 0 Å². The predicted molar refractivity (Wildman–Crippen MR) is 85.4 cm³/mol. The highest BCUT2D eigenvalue weighted by atomic mass is 16.5. The summed E-state index contributed by atoms with van der Waals surface area (Å²) in [5, 5.41) is 9.63. The molecule has 1 aliphatic heterocycles. The Morgan fingerprint density at radius 3 is 2.81 bits per heavy atom. The molecular weight excluding hydrogens is 262 g/mol. The predicted octanol–water partition coefficient (Wildman–Crippen LogP) is 3.45. The lowest BCUT2D eigenvalue weighted by atomic mass is 9.99. The minimum Gasteiger partial charge on any atom is -0.508 e. The third-order valence-electron chi connectivity index (χ3n) is 4.08. The average Bonchev–Trinajstić information content (AvgIpc) is 2.42. The van der Waals surface area contributed by atoms with Crippen LogP contribution in [0, 0.1) is 13.8 Å². The molecule has 0 saturated heterocycles. The number of aromatic hydroxyl groups is 1. The number of aryl methyl sites for hydroxylation is 2. The summed E-state index contributed by atoms with van der Waals surface area (Å²) in [5.74, 6) is 1.01. The fourth-order valence-electron chi connectivity index (χ4n) is 2.90. The van der Waals surface area contributed by atoms with E-state index in [9.17, 15) is 5.11 Å². The number of likely N-dealkylation sites (N-methyl/N-ethyl adjacent to an activating group) is 1. The van der Waals surface area contributed by atoms with E-state index >= 15 is 0 Å². The van der Waals surface area contributed by atoms with Crippen molar-refractivity contribution in [2.75, 3.05) is 18.5 Å². The Labute approximate surface area is 125 Å². The number of nitrogens with zero attached hydrogens (tertiary/aromatic N) is 1. The van der Waals surface area contributed by atoms with Gasteiger partial charge in [0.15, 0.2) is 0 Å². The van der Waals surface area contributed by atoms with Crippen molar-refractivity contribution in [2.45, 2.75) is 26.4 Å². The molecule has 0 bridgehead atoms. The topological polar surface area (TPSA) is 32.7 Å². The Morgan fingerprint density at radius 1 is 1.19 bits per heavy atom. The molecule has 2 aromatic carbocycles. The molecule has 1 N–H and O–H groups in total. The van der Waals surface area contributed by atoms with E-state index in [1.807, 2.05) is 6.07 Å². The molecule has 3 rings (SSSR count). The van der Waals surface area contributed by atoms with Crippen molar-refractivity contribution in [3.63, 3.8) is 0 Å². The number of anilines is 1. The van der Waals surface area contributed by atoms with Gasteiger partial charge in [0.1, 0.15) is 17.6 Å². The van der Waals surface area contributed by atoms with Crippen LogP contribution in [0.25, 0.3) is 0 Å². The molecule has 1 unspecified atom stereocenters. The first kappa shape index (κ1) is 13.8. The highest BCUT2D eigenvalue weighted by Gasteiger charge is 2.24. The lowest BCUT2D eigenvalue weighted by molar-refractivity contribution is 0.195. The van der Waals surface area contributed by atoms with Crippen LogP contribution in [0.4, 0.5) is 5.69 Å². The summed E-state index contributed by atoms with van der Waals surface area (Å²) in [7, 11) is 2.06. The van der Waals surface area contributed by atoms with Crippen molar-refractivity contribution >= 4 is 5.69 Å². The number of ether oxygens (including phenoxy) is 1. The van der Waals surface area contributed by atoms with Crippen molar-refractivity contribution in [1.29, 1.82) is 0 Å². The molecule has 110 valence electrons. The van der Waals surface area contributed by atoms with Gasteiger partial charge in [-0.3, -0.25) is 0 Å². The van der Waals surface area contributed by atoms with Gasteiger partial charge >= 0.3 is 0 Å². The second kappa shape index (κ2) is 5.32. The summed E-state index contributed by atoms with van der Waals surface area (Å²) in [6.07, 6.45) is 0.984. The van der Waals surface area contributed by atoms with Gasteiger partial charge in [-0.05, 0) is 37.1 Å². The van der Waals surface area contributed by atoms with Gasteiger partial charge in [0.2, 0.25) is 0 Å². The van der Waals surface area contributed by atoms with Gasteiger partial charge in [-0.1, -0.05) is 23.8 Å². The molecule has 0 fully saturated rings. The molecule has 1 aliphatic rings. The van der Waals surface area contributed by atoms with E-state index in [2.05, 4.69) is 44.0 Å². The Bertz CT molecular complexity index is 666. The van der Waals surface area contributed by atoms with Crippen LogP contribution in [-0.4, -0.2) is 24.8 Å². The Morgan fingerprint density at radius 2 is 2.00 bits per heavy atom. The maximum Gasteiger partial charge on any atom is 0.146 e. The smallest absolute Gasteiger partial charge is 0.146 e. The number of hydrogen-bond donors (Lipinski definition) is 1. The lowest BCUT2D eigenvalue weighted by Crippen LogP contribution is -2.39. The van der Waals surface area contributed by atoms with Gasteiger partial charge in [0.05, 0.1) is 12.2 Å². The molecule has 2 aromatic rings. The molecule has 1 atom stereocenters. The second-order valence-electron chi connectivity index (χ2n) is 5.91. The number of phenols is 1. The molecule has 0 saturated carbocycles. The standard InChI is InChI=1S/C18H21NO2/c1-12-4-5-13(2)14(8-12)9-16-11-19(3)17-7-6-15(20)10-18(17)21-16/h4-8,10,16,20H,9,11H2,1-3H3. The van der Waals surface area contributed by atoms with E-state index in [0.717, 1.165) is 24.4 Å². The van der Waals surface area contributed by atoms with Gasteiger partial charge < -0.3 is 14.7 Å². The molecule has 0 aliphatic carbocycles. The van der Waals surface area contributed by atoms with E-state index in [1.54, 1.807) is 12.1 Å². The number of fused-ring (bicyclic) bond motifs is 1. The summed E-state index contributed by atoms with van der Waals surface area (Å²) < 4.78 is 6.08. The van der Waals surface area contributed by atoms with Gasteiger partial charge in [-0.15, -0.1) is 0 Å². The quantitative estimate of drug-likeness (QED) is 0.916. The molecule has 3 nitrogen and oxygen atoms in total. The van der Waals surface area contributed by atoms with E-state index in [-0.39, 0.29) is 11.9 Å². The molecule has 1 heterocycles. The first-order valence-electron chi connectivity index (χ1n) is 7.30. The number of hydrogen-bond acceptors (Lipinski definition) is 3. The summed E-state index contributed by atoms with van der Waals surface area (Å²) in [4.78, 5) is 2.19. The van der Waals surface area contributed by atoms with Crippen LogP contribution in [0.15, 0.2) is 36.4 Å². The summed E-state index contributed by atoms with van der Waals surface area (Å²) in [5.41, 5.74) is 4.94. The zero-order chi connectivity index (χ0) is 15.0. The van der Waals surface area contributed by atoms with Gasteiger partial charge in [0, 0.05) is 19.5 Å². The largest absolute Gasteiger partial charge is 0.508 e. The monoisotopic (exact) mass is 283 g/mol. The fraction of sp³-hybridized carbons (Fsp3) is 0.333. The normalized spacial score (nSPS) is 17.3. The van der Waals surface area contributed by atoms with Crippen LogP contribution in [0.1, 0.15) is 16.7 Å². The van der Waals surface area contributed by atoms with E-state index in [4.69, 9.17) is 4.74 Å². The van der Waals surface area contributed by atoms with Crippen LogP contribution < -0.4 is 9.64 Å². The molecular formula is C18H21NO2.